The maximum absolute atomic E-state index is 15.5. The van der Waals surface area contributed by atoms with Crippen molar-refractivity contribution >= 4 is 80.3 Å². The second-order valence-electron chi connectivity index (χ2n) is 19.9. The number of aryl methyl sites for hydroxylation is 1. The van der Waals surface area contributed by atoms with Gasteiger partial charge in [0.2, 0.25) is 29.5 Å². The van der Waals surface area contributed by atoms with Crippen molar-refractivity contribution < 1.29 is 57.3 Å². The van der Waals surface area contributed by atoms with Gasteiger partial charge < -0.3 is 46.5 Å². The number of pyridine rings is 2. The van der Waals surface area contributed by atoms with Crippen molar-refractivity contribution in [1.82, 2.24) is 46.2 Å². The highest BCUT2D eigenvalue weighted by molar-refractivity contribution is 6.13. The molecule has 5 aromatic rings. The van der Waals surface area contributed by atoms with E-state index in [1.54, 1.807) is 50.2 Å². The monoisotopic (exact) mass is 1040 g/mol. The van der Waals surface area contributed by atoms with Gasteiger partial charge in [0.25, 0.3) is 17.4 Å². The zero-order valence-electron chi connectivity index (χ0n) is 41.8. The number of nitrogens with zero attached hydrogens (tertiary/aromatic N) is 3. The Morgan fingerprint density at radius 3 is 2.34 bits per heavy atom. The van der Waals surface area contributed by atoms with Crippen molar-refractivity contribution in [3.8, 4) is 0 Å². The summed E-state index contributed by atoms with van der Waals surface area (Å²) in [7, 11) is 0. The predicted molar refractivity (Wildman–Crippen MR) is 269 cm³/mol. The number of carbonyl (C=O) groups is 8. The van der Waals surface area contributed by atoms with Gasteiger partial charge >= 0.3 is 5.97 Å². The predicted octanol–water partition coefficient (Wildman–Crippen LogP) is 0.705. The number of imide groups is 1. The number of benzene rings is 2. The van der Waals surface area contributed by atoms with Gasteiger partial charge in [-0.2, -0.15) is 0 Å². The average Bonchev–Trinajstić information content (AvgIpc) is 4.25. The summed E-state index contributed by atoms with van der Waals surface area (Å²) < 4.78 is 28.8. The van der Waals surface area contributed by atoms with Crippen LogP contribution >= 0.6 is 0 Å². The van der Waals surface area contributed by atoms with Crippen LogP contribution in [0.2, 0.25) is 0 Å². The Labute approximate surface area is 433 Å². The number of cyclic esters (lactones) is 1. The van der Waals surface area contributed by atoms with Crippen LogP contribution in [0.15, 0.2) is 59.4 Å². The molecule has 0 spiro atoms. The van der Waals surface area contributed by atoms with Crippen molar-refractivity contribution in [1.29, 1.82) is 0 Å². The molecular weight excluding hydrogens is 986 g/mol. The van der Waals surface area contributed by atoms with Crippen LogP contribution < -0.4 is 42.8 Å². The minimum absolute atomic E-state index is 0.0518. The lowest BCUT2D eigenvalue weighted by molar-refractivity contribution is -0.172. The molecule has 396 valence electrons. The van der Waals surface area contributed by atoms with E-state index in [0.717, 1.165) is 21.4 Å². The first-order chi connectivity index (χ1) is 36.5. The smallest absolute Gasteiger partial charge is 0.343 e. The molecule has 6 heterocycles. The van der Waals surface area contributed by atoms with Crippen LogP contribution in [0.5, 0.6) is 0 Å². The summed E-state index contributed by atoms with van der Waals surface area (Å²) in [6, 6.07) is 10.4. The van der Waals surface area contributed by atoms with E-state index in [1.807, 2.05) is 0 Å². The molecule has 1 saturated carbocycles. The molecule has 0 unspecified atom stereocenters. The third-order valence-electron chi connectivity index (χ3n) is 15.1. The van der Waals surface area contributed by atoms with Gasteiger partial charge in [0.05, 0.1) is 58.8 Å². The van der Waals surface area contributed by atoms with Crippen LogP contribution in [0.1, 0.15) is 97.7 Å². The molecule has 10 rings (SSSR count). The molecule has 3 aliphatic heterocycles. The summed E-state index contributed by atoms with van der Waals surface area (Å²) in [6.07, 6.45) is 6.25. The lowest BCUT2D eigenvalue weighted by Gasteiger charge is -2.35. The number of aliphatic hydroxyl groups is 1. The van der Waals surface area contributed by atoms with Crippen LogP contribution in [-0.4, -0.2) is 111 Å². The van der Waals surface area contributed by atoms with Gasteiger partial charge in [-0.15, -0.1) is 0 Å². The maximum atomic E-state index is 15.5. The summed E-state index contributed by atoms with van der Waals surface area (Å²) >= 11 is 0. The van der Waals surface area contributed by atoms with Crippen LogP contribution in [0.25, 0.3) is 33.0 Å². The fourth-order valence-corrected chi connectivity index (χ4v) is 10.8. The minimum Gasteiger partial charge on any atom is -0.458 e. The molecule has 1 fully saturated rings. The van der Waals surface area contributed by atoms with Gasteiger partial charge in [0, 0.05) is 53.9 Å². The third kappa shape index (κ3) is 9.50. The number of fused-ring (bicyclic) bond motifs is 4. The minimum atomic E-state index is -2.08. The molecule has 3 atom stereocenters. The molecule has 0 radical (unpaired) electrons. The fourth-order valence-electron chi connectivity index (χ4n) is 10.8. The number of nitrogens with one attached hydrogen (secondary N) is 6. The Bertz CT molecular complexity index is 3450. The van der Waals surface area contributed by atoms with Crippen LogP contribution in [0.3, 0.4) is 0 Å². The number of esters is 1. The van der Waals surface area contributed by atoms with E-state index < -0.39 is 83.8 Å². The van der Waals surface area contributed by atoms with Crippen LogP contribution in [-0.2, 0) is 72.9 Å². The molecule has 0 saturated heterocycles. The Morgan fingerprint density at radius 2 is 1.61 bits per heavy atom. The lowest BCUT2D eigenvalue weighted by Crippen LogP contribution is -2.52. The Kier molecular flexibility index (Phi) is 13.9. The standard InChI is InChI=1S/C54H56FN9O12/c1-3-54(74)32-21-37-47-46-45-34(14-13-30-28(2)33(55)22-35(61-47)44(30)45)62-49(48(46)64(37)51(72)31(32)26-75-52(54)73)53(17-18-53)76-27-59-40(67)24-58-50(71)36(20-29-10-6-4-7-11-29)60-41(68)25-57-39(66)23-56-38(65)12-8-5-9-19-63-42(69)15-16-43(63)70/h4,6-7,10-11,15-16,21-22,34,36,62,74H,3,5,8-9,12-14,17-20,23-27H2,1-2H3,(H,56,65)(H,57,66)(H,58,71)(H,59,67)(H,60,68)/t34-,36-,54-/m0/s1. The molecule has 7 N–H and O–H groups in total. The van der Waals surface area contributed by atoms with Crippen molar-refractivity contribution in [3.05, 3.63) is 110 Å². The van der Waals surface area contributed by atoms with Crippen molar-refractivity contribution in [2.75, 3.05) is 32.9 Å². The largest absolute Gasteiger partial charge is 0.458 e. The van der Waals surface area contributed by atoms with Crippen LogP contribution in [0.4, 0.5) is 4.39 Å². The van der Waals surface area contributed by atoms with E-state index in [4.69, 9.17) is 14.5 Å². The number of unbranched alkanes of at least 4 members (excludes halogenated alkanes) is 2. The molecule has 22 heteroatoms. The molecule has 2 aromatic carbocycles. The molecule has 3 aromatic heterocycles. The zero-order valence-corrected chi connectivity index (χ0v) is 41.8. The first-order valence-corrected chi connectivity index (χ1v) is 25.5. The summed E-state index contributed by atoms with van der Waals surface area (Å²) in [6.45, 7) is 1.56. The average molecular weight is 1040 g/mol. The highest BCUT2D eigenvalue weighted by atomic mass is 19.1. The van der Waals surface area contributed by atoms with E-state index >= 15 is 4.39 Å². The van der Waals surface area contributed by atoms with Gasteiger partial charge in [-0.3, -0.25) is 47.7 Å². The summed E-state index contributed by atoms with van der Waals surface area (Å²) in [4.78, 5) is 122. The number of rotatable bonds is 21. The summed E-state index contributed by atoms with van der Waals surface area (Å²) in [5.74, 6) is -5.02. The molecule has 76 heavy (non-hydrogen) atoms. The zero-order chi connectivity index (χ0) is 53.6. The first kappa shape index (κ1) is 51.4. The third-order valence-corrected chi connectivity index (χ3v) is 15.1. The van der Waals surface area contributed by atoms with Gasteiger partial charge in [-0.05, 0) is 80.2 Å². The SMILES string of the molecule is CC[C@@]1(O)C(=O)OCc2c1cc1c3nc4cc(F)c(C)c5c4c4c3c(n1c2=O)=C(C1(OCNC(=O)CNC(=O)[C@H](Cc2ccccc2)NC(=O)CNC(=O)CNC(=O)CCCCCN2C(=O)C=CC2=O)CC1)N[C@H]4CC5. The van der Waals surface area contributed by atoms with E-state index in [-0.39, 0.29) is 68.1 Å². The van der Waals surface area contributed by atoms with E-state index in [1.165, 1.54) is 22.6 Å². The number of amides is 7. The van der Waals surface area contributed by atoms with E-state index in [0.29, 0.717) is 89.1 Å². The van der Waals surface area contributed by atoms with Gasteiger partial charge in [0.15, 0.2) is 5.60 Å². The summed E-state index contributed by atoms with van der Waals surface area (Å²) in [5, 5.41) is 30.1. The van der Waals surface area contributed by atoms with Crippen LogP contribution in [0, 0.1) is 12.7 Å². The molecule has 5 aliphatic rings. The lowest BCUT2D eigenvalue weighted by atomic mass is 9.81. The quantitative estimate of drug-likeness (QED) is 0.0231. The Balaban J connectivity index is 0.789. The number of aromatic nitrogens is 2. The molecule has 21 nitrogen and oxygen atoms in total. The van der Waals surface area contributed by atoms with Crippen molar-refractivity contribution in [2.24, 2.45) is 0 Å². The number of halogens is 1. The number of carbonyl (C=O) groups excluding carboxylic acids is 8. The highest BCUT2D eigenvalue weighted by Gasteiger charge is 2.52. The molecule has 2 aliphatic carbocycles. The second kappa shape index (κ2) is 20.5. The van der Waals surface area contributed by atoms with Crippen molar-refractivity contribution in [2.45, 2.75) is 108 Å². The highest BCUT2D eigenvalue weighted by Crippen LogP contribution is 2.50. The number of ether oxygens (including phenoxy) is 2. The molecule has 7 amide bonds. The molecular formula is C54H56FN9O12. The molecule has 0 bridgehead atoms. The number of hydrogen-bond donors (Lipinski definition) is 7. The first-order valence-electron chi connectivity index (χ1n) is 25.5. The Hall–Kier alpha value is -8.11. The Morgan fingerprint density at radius 1 is 0.895 bits per heavy atom. The fraction of sp³-hybridized carbons (Fsp3) is 0.407. The van der Waals surface area contributed by atoms with Gasteiger partial charge in [-0.1, -0.05) is 43.7 Å². The second-order valence-corrected chi connectivity index (χ2v) is 19.9. The topological polar surface area (TPSA) is 285 Å². The van der Waals surface area contributed by atoms with Gasteiger partial charge in [-0.25, -0.2) is 14.2 Å². The van der Waals surface area contributed by atoms with Crippen molar-refractivity contribution in [3.63, 3.8) is 0 Å². The normalized spacial score (nSPS) is 19.1. The maximum Gasteiger partial charge on any atom is 0.343 e. The van der Waals surface area contributed by atoms with E-state index in [9.17, 15) is 48.3 Å². The van der Waals surface area contributed by atoms with Gasteiger partial charge in [0.1, 0.15) is 30.8 Å². The summed E-state index contributed by atoms with van der Waals surface area (Å²) in [5.41, 5.74) is 1.29. The number of hydrogen-bond acceptors (Lipinski definition) is 14. The van der Waals surface area contributed by atoms with E-state index in [2.05, 4.69) is 31.9 Å².